The Morgan fingerprint density at radius 1 is 1.30 bits per heavy atom. The first-order valence-corrected chi connectivity index (χ1v) is 5.47. The maximum Gasteiger partial charge on any atom is 0.326 e. The molecule has 8 nitrogen and oxygen atoms in total. The van der Waals surface area contributed by atoms with E-state index < -0.39 is 30.3 Å². The summed E-state index contributed by atoms with van der Waals surface area (Å²) in [6, 6.07) is 2.24. The lowest BCUT2D eigenvalue weighted by atomic mass is 10.1. The van der Waals surface area contributed by atoms with Gasteiger partial charge in [-0.25, -0.2) is 4.79 Å². The Kier molecular flexibility index (Phi) is 4.90. The van der Waals surface area contributed by atoms with E-state index in [0.29, 0.717) is 0 Å². The van der Waals surface area contributed by atoms with E-state index in [1.165, 1.54) is 25.3 Å². The Labute approximate surface area is 113 Å². The van der Waals surface area contributed by atoms with E-state index in [9.17, 15) is 19.5 Å². The Balaban J connectivity index is 2.94. The number of nitrogens with one attached hydrogen (secondary N) is 1. The third kappa shape index (κ3) is 3.87. The normalized spacial score (nSPS) is 11.4. The van der Waals surface area contributed by atoms with Gasteiger partial charge in [-0.1, -0.05) is 0 Å². The molecule has 1 aromatic rings. The zero-order chi connectivity index (χ0) is 15.3. The number of carbonyl (C=O) groups excluding carboxylic acids is 1. The molecular formula is C12H13NO7. The summed E-state index contributed by atoms with van der Waals surface area (Å²) < 4.78 is 4.88. The number of phenols is 1. The molecule has 8 heteroatoms. The minimum atomic E-state index is -1.59. The molecule has 1 amide bonds. The van der Waals surface area contributed by atoms with E-state index in [0.717, 1.165) is 0 Å². The lowest BCUT2D eigenvalue weighted by Gasteiger charge is -2.13. The van der Waals surface area contributed by atoms with Crippen molar-refractivity contribution < 1.29 is 34.4 Å². The zero-order valence-corrected chi connectivity index (χ0v) is 10.5. The number of carboxylic acids is 2. The standard InChI is InChI=1S/C12H13NO7/c1-20-6-2-3-9(14)7(4-6)11(17)13-8(12(18)19)5-10(15)16/h2-4,8,14H,5H2,1H3,(H,13,17)(H,15,16)(H,18,19)/t8-/m1/s1. The Hall–Kier alpha value is -2.77. The largest absolute Gasteiger partial charge is 0.507 e. The van der Waals surface area contributed by atoms with Crippen molar-refractivity contribution >= 4 is 17.8 Å². The van der Waals surface area contributed by atoms with Gasteiger partial charge in [0.1, 0.15) is 17.5 Å². The minimum absolute atomic E-state index is 0.207. The molecule has 0 saturated heterocycles. The number of rotatable bonds is 6. The van der Waals surface area contributed by atoms with Crippen molar-refractivity contribution in [3.8, 4) is 11.5 Å². The molecule has 1 rings (SSSR count). The first-order chi connectivity index (χ1) is 9.35. The highest BCUT2D eigenvalue weighted by molar-refractivity contribution is 5.99. The Bertz CT molecular complexity index is 541. The van der Waals surface area contributed by atoms with Gasteiger partial charge in [0.15, 0.2) is 0 Å². The van der Waals surface area contributed by atoms with Crippen LogP contribution in [0, 0.1) is 0 Å². The van der Waals surface area contributed by atoms with E-state index in [1.54, 1.807) is 0 Å². The molecule has 1 aromatic carbocycles. The fourth-order valence-corrected chi connectivity index (χ4v) is 1.43. The van der Waals surface area contributed by atoms with Crippen LogP contribution in [0.25, 0.3) is 0 Å². The molecule has 0 fully saturated rings. The van der Waals surface area contributed by atoms with Crippen LogP contribution in [-0.4, -0.2) is 46.3 Å². The highest BCUT2D eigenvalue weighted by Crippen LogP contribution is 2.22. The fraction of sp³-hybridized carbons (Fsp3) is 0.250. The van der Waals surface area contributed by atoms with Gasteiger partial charge in [0.25, 0.3) is 5.91 Å². The van der Waals surface area contributed by atoms with Gasteiger partial charge >= 0.3 is 11.9 Å². The molecule has 0 aliphatic rings. The second kappa shape index (κ2) is 6.41. The first-order valence-electron chi connectivity index (χ1n) is 5.47. The number of amides is 1. The van der Waals surface area contributed by atoms with E-state index in [4.69, 9.17) is 14.9 Å². The topological polar surface area (TPSA) is 133 Å². The second-order valence-corrected chi connectivity index (χ2v) is 3.85. The first kappa shape index (κ1) is 15.3. The number of phenolic OH excluding ortho intramolecular Hbond substituents is 1. The highest BCUT2D eigenvalue weighted by atomic mass is 16.5. The third-order valence-corrected chi connectivity index (χ3v) is 2.43. The van der Waals surface area contributed by atoms with Crippen LogP contribution >= 0.6 is 0 Å². The number of hydrogen-bond acceptors (Lipinski definition) is 5. The predicted molar refractivity (Wildman–Crippen MR) is 65.8 cm³/mol. The quantitative estimate of drug-likeness (QED) is 0.580. The Morgan fingerprint density at radius 2 is 1.95 bits per heavy atom. The summed E-state index contributed by atoms with van der Waals surface area (Å²) in [5, 5.41) is 29.0. The smallest absolute Gasteiger partial charge is 0.326 e. The van der Waals surface area contributed by atoms with Crippen molar-refractivity contribution in [2.24, 2.45) is 0 Å². The van der Waals surface area contributed by atoms with Crippen LogP contribution in [0.15, 0.2) is 18.2 Å². The van der Waals surface area contributed by atoms with Gasteiger partial charge in [-0.3, -0.25) is 9.59 Å². The van der Waals surface area contributed by atoms with Crippen molar-refractivity contribution in [1.82, 2.24) is 5.32 Å². The number of methoxy groups -OCH3 is 1. The SMILES string of the molecule is COc1ccc(O)c(C(=O)N[C@H](CC(=O)O)C(=O)O)c1. The molecule has 0 heterocycles. The molecule has 0 aliphatic heterocycles. The lowest BCUT2D eigenvalue weighted by molar-refractivity contribution is -0.145. The molecule has 0 aromatic heterocycles. The average Bonchev–Trinajstić information content (AvgIpc) is 2.37. The van der Waals surface area contributed by atoms with Crippen molar-refractivity contribution in [3.63, 3.8) is 0 Å². The molecule has 0 saturated carbocycles. The van der Waals surface area contributed by atoms with Crippen LogP contribution in [0.4, 0.5) is 0 Å². The van der Waals surface area contributed by atoms with E-state index in [2.05, 4.69) is 0 Å². The number of hydrogen-bond donors (Lipinski definition) is 4. The molecule has 0 radical (unpaired) electrons. The number of benzene rings is 1. The van der Waals surface area contributed by atoms with Crippen molar-refractivity contribution in [3.05, 3.63) is 23.8 Å². The number of ether oxygens (including phenoxy) is 1. The van der Waals surface area contributed by atoms with Gasteiger partial charge in [-0.2, -0.15) is 0 Å². The predicted octanol–water partition coefficient (Wildman–Crippen LogP) is 0.0585. The summed E-state index contributed by atoms with van der Waals surface area (Å²) in [5.41, 5.74) is -0.207. The summed E-state index contributed by atoms with van der Waals surface area (Å²) in [6.07, 6.45) is -0.772. The third-order valence-electron chi connectivity index (χ3n) is 2.43. The average molecular weight is 283 g/mol. The van der Waals surface area contributed by atoms with Crippen LogP contribution < -0.4 is 10.1 Å². The van der Waals surface area contributed by atoms with E-state index in [-0.39, 0.29) is 17.1 Å². The fourth-order valence-electron chi connectivity index (χ4n) is 1.43. The minimum Gasteiger partial charge on any atom is -0.507 e. The molecule has 0 unspecified atom stereocenters. The van der Waals surface area contributed by atoms with Crippen molar-refractivity contribution in [1.29, 1.82) is 0 Å². The van der Waals surface area contributed by atoms with Crippen molar-refractivity contribution in [2.45, 2.75) is 12.5 Å². The zero-order valence-electron chi connectivity index (χ0n) is 10.5. The monoisotopic (exact) mass is 283 g/mol. The molecule has 108 valence electrons. The van der Waals surface area contributed by atoms with E-state index in [1.807, 2.05) is 5.32 Å². The summed E-state index contributed by atoms with van der Waals surface area (Å²) in [6.45, 7) is 0. The molecule has 1 atom stereocenters. The van der Waals surface area contributed by atoms with Crippen LogP contribution in [0.5, 0.6) is 11.5 Å². The molecule has 0 bridgehead atoms. The van der Waals surface area contributed by atoms with Gasteiger partial charge in [-0.15, -0.1) is 0 Å². The van der Waals surface area contributed by atoms with E-state index >= 15 is 0 Å². The van der Waals surface area contributed by atoms with Crippen LogP contribution in [0.1, 0.15) is 16.8 Å². The molecule has 20 heavy (non-hydrogen) atoms. The van der Waals surface area contributed by atoms with Gasteiger partial charge < -0.3 is 25.4 Å². The molecular weight excluding hydrogens is 270 g/mol. The molecule has 0 spiro atoms. The van der Waals surface area contributed by atoms with Gasteiger partial charge in [0.2, 0.25) is 0 Å². The van der Waals surface area contributed by atoms with Crippen LogP contribution in [0.2, 0.25) is 0 Å². The number of carbonyl (C=O) groups is 3. The van der Waals surface area contributed by atoms with Crippen LogP contribution in [-0.2, 0) is 9.59 Å². The van der Waals surface area contributed by atoms with Crippen molar-refractivity contribution in [2.75, 3.05) is 7.11 Å². The van der Waals surface area contributed by atoms with Gasteiger partial charge in [0.05, 0.1) is 19.1 Å². The summed E-state index contributed by atoms with van der Waals surface area (Å²) >= 11 is 0. The maximum atomic E-state index is 11.8. The highest BCUT2D eigenvalue weighted by Gasteiger charge is 2.24. The second-order valence-electron chi connectivity index (χ2n) is 3.85. The summed E-state index contributed by atoms with van der Waals surface area (Å²) in [7, 11) is 1.36. The number of carboxylic acid groups (broad SMARTS) is 2. The molecule has 0 aliphatic carbocycles. The lowest BCUT2D eigenvalue weighted by Crippen LogP contribution is -2.42. The van der Waals surface area contributed by atoms with Crippen LogP contribution in [0.3, 0.4) is 0 Å². The van der Waals surface area contributed by atoms with Gasteiger partial charge in [0, 0.05) is 0 Å². The molecule has 4 N–H and O–H groups in total. The number of aliphatic carboxylic acids is 2. The number of aromatic hydroxyl groups is 1. The maximum absolute atomic E-state index is 11.8. The summed E-state index contributed by atoms with van der Waals surface area (Å²) in [5.74, 6) is -3.84. The Morgan fingerprint density at radius 3 is 2.45 bits per heavy atom. The summed E-state index contributed by atoms with van der Waals surface area (Å²) in [4.78, 5) is 33.2. The van der Waals surface area contributed by atoms with Gasteiger partial charge in [-0.05, 0) is 18.2 Å².